The maximum atomic E-state index is 14.1. The molecule has 1 saturated carbocycles. The molecule has 7 nitrogen and oxygen atoms in total. The van der Waals surface area contributed by atoms with E-state index in [9.17, 15) is 25.2 Å². The van der Waals surface area contributed by atoms with Crippen molar-refractivity contribution in [3.63, 3.8) is 0 Å². The summed E-state index contributed by atoms with van der Waals surface area (Å²) in [4.78, 5) is 14.1. The van der Waals surface area contributed by atoms with Gasteiger partial charge in [-0.25, -0.2) is 0 Å². The van der Waals surface area contributed by atoms with E-state index in [2.05, 4.69) is 0 Å². The van der Waals surface area contributed by atoms with Gasteiger partial charge in [-0.15, -0.1) is 0 Å². The zero-order valence-electron chi connectivity index (χ0n) is 23.3. The molecular weight excluding hydrogens is 508 g/mol. The largest absolute Gasteiger partial charge is 0.504 e. The highest BCUT2D eigenvalue weighted by atomic mass is 16.5. The van der Waals surface area contributed by atoms with E-state index in [0.717, 1.165) is 48.8 Å². The Bertz CT molecular complexity index is 1280. The molecule has 1 aliphatic rings. The quantitative estimate of drug-likeness (QED) is 0.210. The summed E-state index contributed by atoms with van der Waals surface area (Å²) in [6.45, 7) is 0. The van der Waals surface area contributed by atoms with Crippen molar-refractivity contribution in [1.29, 1.82) is 0 Å². The van der Waals surface area contributed by atoms with Crippen LogP contribution in [-0.4, -0.2) is 46.5 Å². The number of carbonyl (C=O) groups is 1. The molecule has 2 atom stereocenters. The molecule has 214 valence electrons. The standard InChI is InChI=1S/C33H40O7/c1-39-30-18-23(12-14-27(30)35)11-13-26(34)25(17-22-9-5-3-6-10-22)29(37)21-33(15-7-4-8-16-33)24-19-28(36)32(38)31(20-24)40-2/h3,5-6,9-10,12,14,18-20,25-26,34-36,38H,4,7-8,11,13,15-17,21H2,1-2H3. The average molecular weight is 549 g/mol. The van der Waals surface area contributed by atoms with Gasteiger partial charge in [-0.05, 0) is 73.1 Å². The van der Waals surface area contributed by atoms with Crippen molar-refractivity contribution in [3.8, 4) is 28.7 Å². The van der Waals surface area contributed by atoms with Gasteiger partial charge in [0.25, 0.3) is 0 Å². The summed E-state index contributed by atoms with van der Waals surface area (Å²) in [5.74, 6) is -0.614. The van der Waals surface area contributed by atoms with E-state index in [1.807, 2.05) is 30.3 Å². The lowest BCUT2D eigenvalue weighted by Gasteiger charge is -2.39. The number of phenolic OH excluding ortho intramolecular Hbond substituents is 3. The molecule has 4 N–H and O–H groups in total. The van der Waals surface area contributed by atoms with Crippen molar-refractivity contribution in [3.05, 3.63) is 77.4 Å². The SMILES string of the molecule is COc1cc(CCC(O)C(Cc2ccccc2)C(=O)CC2(c3cc(O)c(O)c(OC)c3)CCCCC2)ccc1O. The van der Waals surface area contributed by atoms with Crippen molar-refractivity contribution in [1.82, 2.24) is 0 Å². The van der Waals surface area contributed by atoms with Crippen LogP contribution in [0.4, 0.5) is 0 Å². The summed E-state index contributed by atoms with van der Waals surface area (Å²) in [5.41, 5.74) is 2.13. The van der Waals surface area contributed by atoms with Crippen molar-refractivity contribution < 1.29 is 34.7 Å². The molecule has 4 rings (SSSR count). The van der Waals surface area contributed by atoms with Crippen LogP contribution in [0.15, 0.2) is 60.7 Å². The summed E-state index contributed by atoms with van der Waals surface area (Å²) in [7, 11) is 2.93. The Morgan fingerprint density at radius 1 is 0.850 bits per heavy atom. The molecule has 0 bridgehead atoms. The van der Waals surface area contributed by atoms with E-state index < -0.39 is 17.4 Å². The minimum atomic E-state index is -0.879. The Kier molecular flexibility index (Phi) is 9.58. The lowest BCUT2D eigenvalue weighted by atomic mass is 9.65. The number of aryl methyl sites for hydroxylation is 1. The lowest BCUT2D eigenvalue weighted by molar-refractivity contribution is -0.128. The van der Waals surface area contributed by atoms with E-state index in [4.69, 9.17) is 9.47 Å². The van der Waals surface area contributed by atoms with Gasteiger partial charge in [0, 0.05) is 17.8 Å². The van der Waals surface area contributed by atoms with Crippen LogP contribution in [0.5, 0.6) is 28.7 Å². The number of ether oxygens (including phenoxy) is 2. The van der Waals surface area contributed by atoms with E-state index in [0.29, 0.717) is 25.0 Å². The smallest absolute Gasteiger partial charge is 0.200 e. The number of methoxy groups -OCH3 is 2. The molecule has 2 unspecified atom stereocenters. The van der Waals surface area contributed by atoms with Gasteiger partial charge in [0.1, 0.15) is 5.78 Å². The fraction of sp³-hybridized carbons (Fsp3) is 0.424. The molecule has 0 saturated heterocycles. The van der Waals surface area contributed by atoms with Crippen LogP contribution < -0.4 is 9.47 Å². The molecule has 40 heavy (non-hydrogen) atoms. The average Bonchev–Trinajstić information content (AvgIpc) is 2.97. The van der Waals surface area contributed by atoms with Gasteiger partial charge in [-0.1, -0.05) is 55.7 Å². The van der Waals surface area contributed by atoms with Gasteiger partial charge in [0.05, 0.1) is 20.3 Å². The highest BCUT2D eigenvalue weighted by molar-refractivity contribution is 5.83. The Balaban J connectivity index is 1.61. The first-order chi connectivity index (χ1) is 19.3. The first-order valence-corrected chi connectivity index (χ1v) is 14.0. The number of rotatable bonds is 12. The number of carbonyl (C=O) groups excluding carboxylic acids is 1. The number of ketones is 1. The third-order valence-corrected chi connectivity index (χ3v) is 8.36. The van der Waals surface area contributed by atoms with Crippen LogP contribution in [0, 0.1) is 5.92 Å². The Labute approximate surface area is 236 Å². The molecule has 0 amide bonds. The summed E-state index contributed by atoms with van der Waals surface area (Å²) in [5, 5.41) is 42.0. The predicted octanol–water partition coefficient (Wildman–Crippen LogP) is 5.83. The zero-order chi connectivity index (χ0) is 28.7. The number of aliphatic hydroxyl groups excluding tert-OH is 1. The molecule has 0 aliphatic heterocycles. The van der Waals surface area contributed by atoms with Crippen molar-refractivity contribution in [2.24, 2.45) is 5.92 Å². The molecule has 3 aromatic rings. The maximum Gasteiger partial charge on any atom is 0.200 e. The van der Waals surface area contributed by atoms with E-state index >= 15 is 0 Å². The van der Waals surface area contributed by atoms with Crippen LogP contribution in [0.25, 0.3) is 0 Å². The molecule has 1 fully saturated rings. The molecule has 7 heteroatoms. The van der Waals surface area contributed by atoms with E-state index in [-0.39, 0.29) is 35.2 Å². The molecule has 0 heterocycles. The van der Waals surface area contributed by atoms with Crippen LogP contribution in [0.2, 0.25) is 0 Å². The van der Waals surface area contributed by atoms with Crippen LogP contribution in [-0.2, 0) is 23.1 Å². The minimum Gasteiger partial charge on any atom is -0.504 e. The predicted molar refractivity (Wildman–Crippen MR) is 153 cm³/mol. The minimum absolute atomic E-state index is 0.0203. The molecule has 0 spiro atoms. The fourth-order valence-electron chi connectivity index (χ4n) is 6.04. The number of hydrogen-bond acceptors (Lipinski definition) is 7. The van der Waals surface area contributed by atoms with Crippen LogP contribution >= 0.6 is 0 Å². The summed E-state index contributed by atoms with van der Waals surface area (Å²) >= 11 is 0. The monoisotopic (exact) mass is 548 g/mol. The molecule has 3 aromatic carbocycles. The summed E-state index contributed by atoms with van der Waals surface area (Å²) < 4.78 is 10.5. The third kappa shape index (κ3) is 6.70. The summed E-state index contributed by atoms with van der Waals surface area (Å²) in [6, 6.07) is 18.1. The number of aliphatic hydroxyl groups is 1. The van der Waals surface area contributed by atoms with Gasteiger partial charge < -0.3 is 29.9 Å². The normalized spacial score (nSPS) is 16.2. The van der Waals surface area contributed by atoms with Crippen molar-refractivity contribution in [2.75, 3.05) is 14.2 Å². The zero-order valence-corrected chi connectivity index (χ0v) is 23.3. The van der Waals surface area contributed by atoms with Crippen LogP contribution in [0.1, 0.15) is 61.6 Å². The highest BCUT2D eigenvalue weighted by Crippen LogP contribution is 2.48. The fourth-order valence-corrected chi connectivity index (χ4v) is 6.04. The van der Waals surface area contributed by atoms with Gasteiger partial charge in [0.2, 0.25) is 5.75 Å². The number of hydrogen-bond donors (Lipinski definition) is 4. The topological polar surface area (TPSA) is 116 Å². The van der Waals surface area contributed by atoms with Gasteiger partial charge in [0.15, 0.2) is 23.0 Å². The van der Waals surface area contributed by atoms with Crippen molar-refractivity contribution >= 4 is 5.78 Å². The summed E-state index contributed by atoms with van der Waals surface area (Å²) in [6.07, 6.45) is 5.17. The van der Waals surface area contributed by atoms with Crippen LogP contribution in [0.3, 0.4) is 0 Å². The van der Waals surface area contributed by atoms with Gasteiger partial charge in [-0.2, -0.15) is 0 Å². The third-order valence-electron chi connectivity index (χ3n) is 8.36. The molecule has 1 aliphatic carbocycles. The number of benzene rings is 3. The first kappa shape index (κ1) is 29.3. The maximum absolute atomic E-state index is 14.1. The lowest BCUT2D eigenvalue weighted by Crippen LogP contribution is -2.38. The number of aromatic hydroxyl groups is 3. The van der Waals surface area contributed by atoms with Crippen molar-refractivity contribution in [2.45, 2.75) is 69.3 Å². The van der Waals surface area contributed by atoms with E-state index in [1.54, 1.807) is 30.3 Å². The number of Topliss-reactive ketones (excluding diaryl/α,β-unsaturated/α-hetero) is 1. The Hall–Kier alpha value is -3.71. The second kappa shape index (κ2) is 13.1. The van der Waals surface area contributed by atoms with E-state index in [1.165, 1.54) is 14.2 Å². The molecule has 0 radical (unpaired) electrons. The first-order valence-electron chi connectivity index (χ1n) is 14.0. The van der Waals surface area contributed by atoms with Gasteiger partial charge in [-0.3, -0.25) is 4.79 Å². The molecule has 0 aromatic heterocycles. The Morgan fingerprint density at radius 2 is 1.55 bits per heavy atom. The highest BCUT2D eigenvalue weighted by Gasteiger charge is 2.40. The molecular formula is C33H40O7. The number of phenols is 3. The second-order valence-corrected chi connectivity index (χ2v) is 10.9. The second-order valence-electron chi connectivity index (χ2n) is 10.9. The van der Waals surface area contributed by atoms with Gasteiger partial charge >= 0.3 is 0 Å². The Morgan fingerprint density at radius 3 is 2.23 bits per heavy atom.